The number of ether oxygens (including phenoxy) is 1. The van der Waals surface area contributed by atoms with E-state index in [2.05, 4.69) is 10.2 Å². The van der Waals surface area contributed by atoms with E-state index in [0.29, 0.717) is 36.2 Å². The van der Waals surface area contributed by atoms with E-state index in [4.69, 9.17) is 16.3 Å². The van der Waals surface area contributed by atoms with Gasteiger partial charge in [0, 0.05) is 37.9 Å². The predicted octanol–water partition coefficient (Wildman–Crippen LogP) is 3.19. The number of rotatable bonds is 4. The van der Waals surface area contributed by atoms with Crippen LogP contribution in [0, 0.1) is 0 Å². The number of hydrogen-bond acceptors (Lipinski definition) is 4. The second-order valence-corrected chi connectivity index (χ2v) is 7.36. The van der Waals surface area contributed by atoms with Gasteiger partial charge in [-0.05, 0) is 38.0 Å². The van der Waals surface area contributed by atoms with E-state index < -0.39 is 0 Å². The van der Waals surface area contributed by atoms with Crippen molar-refractivity contribution in [2.45, 2.75) is 44.8 Å². The highest BCUT2D eigenvalue weighted by Gasteiger charge is 2.31. The van der Waals surface area contributed by atoms with Crippen LogP contribution >= 0.6 is 11.6 Å². The number of nitrogens with one attached hydrogen (secondary N) is 1. The van der Waals surface area contributed by atoms with Gasteiger partial charge in [0.05, 0.1) is 17.7 Å². The summed E-state index contributed by atoms with van der Waals surface area (Å²) in [5, 5.41) is 13.6. The van der Waals surface area contributed by atoms with Crippen molar-refractivity contribution in [3.05, 3.63) is 23.2 Å². The highest BCUT2D eigenvalue weighted by Crippen LogP contribution is 2.28. The van der Waals surface area contributed by atoms with Crippen LogP contribution in [0.3, 0.4) is 0 Å². The molecule has 1 aromatic rings. The summed E-state index contributed by atoms with van der Waals surface area (Å²) >= 11 is 6.18. The Labute approximate surface area is 160 Å². The summed E-state index contributed by atoms with van der Waals surface area (Å²) in [5.41, 5.74) is 0.661. The van der Waals surface area contributed by atoms with E-state index in [1.807, 2.05) is 11.8 Å². The highest BCUT2D eigenvalue weighted by atomic mass is 35.5. The molecule has 0 bridgehead atoms. The van der Waals surface area contributed by atoms with Crippen LogP contribution in [0.1, 0.15) is 32.6 Å². The molecule has 2 fully saturated rings. The number of carbonyl (C=O) groups excluding carboxylic acids is 1. The van der Waals surface area contributed by atoms with E-state index in [1.165, 1.54) is 6.42 Å². The molecule has 26 heavy (non-hydrogen) atoms. The molecule has 3 rings (SSSR count). The number of carbonyl (C=O) groups is 1. The Morgan fingerprint density at radius 1 is 1.27 bits per heavy atom. The van der Waals surface area contributed by atoms with Crippen molar-refractivity contribution >= 4 is 23.3 Å². The number of urea groups is 1. The Balaban J connectivity index is 1.51. The Morgan fingerprint density at radius 3 is 2.65 bits per heavy atom. The van der Waals surface area contributed by atoms with E-state index >= 15 is 0 Å². The highest BCUT2D eigenvalue weighted by molar-refractivity contribution is 6.32. The van der Waals surface area contributed by atoms with Gasteiger partial charge in [0.15, 0.2) is 0 Å². The zero-order chi connectivity index (χ0) is 18.5. The number of hydrogen-bond donors (Lipinski definition) is 2. The number of halogens is 1. The average molecular weight is 382 g/mol. The molecular weight excluding hydrogens is 354 g/mol. The summed E-state index contributed by atoms with van der Waals surface area (Å²) in [6, 6.07) is 5.40. The number of aliphatic hydroxyl groups is 1. The van der Waals surface area contributed by atoms with Crippen molar-refractivity contribution in [2.24, 2.45) is 0 Å². The molecule has 2 N–H and O–H groups in total. The van der Waals surface area contributed by atoms with Crippen molar-refractivity contribution in [1.82, 2.24) is 9.80 Å². The lowest BCUT2D eigenvalue weighted by atomic mass is 9.91. The molecule has 0 unspecified atom stereocenters. The quantitative estimate of drug-likeness (QED) is 0.840. The third-order valence-corrected chi connectivity index (χ3v) is 5.54. The zero-order valence-electron chi connectivity index (χ0n) is 15.3. The molecule has 1 saturated heterocycles. The molecule has 0 radical (unpaired) electrons. The van der Waals surface area contributed by atoms with Crippen molar-refractivity contribution in [3.8, 4) is 5.75 Å². The topological polar surface area (TPSA) is 65.0 Å². The van der Waals surface area contributed by atoms with Crippen LogP contribution in [0.5, 0.6) is 5.75 Å². The third kappa shape index (κ3) is 4.61. The first-order chi connectivity index (χ1) is 12.6. The molecule has 144 valence electrons. The fourth-order valence-corrected chi connectivity index (χ4v) is 4.06. The summed E-state index contributed by atoms with van der Waals surface area (Å²) < 4.78 is 5.41. The molecule has 1 heterocycles. The van der Waals surface area contributed by atoms with E-state index in [1.54, 1.807) is 18.2 Å². The van der Waals surface area contributed by atoms with Crippen LogP contribution in [-0.2, 0) is 0 Å². The fourth-order valence-electron chi connectivity index (χ4n) is 3.83. The first kappa shape index (κ1) is 19.3. The summed E-state index contributed by atoms with van der Waals surface area (Å²) in [6.45, 7) is 5.39. The maximum absolute atomic E-state index is 12.5. The molecule has 6 nitrogen and oxygen atoms in total. The number of benzene rings is 1. The van der Waals surface area contributed by atoms with E-state index in [0.717, 1.165) is 32.4 Å². The minimum Gasteiger partial charge on any atom is -0.492 e. The molecule has 1 aromatic carbocycles. The van der Waals surface area contributed by atoms with Crippen molar-refractivity contribution < 1.29 is 14.6 Å². The van der Waals surface area contributed by atoms with Crippen LogP contribution < -0.4 is 10.1 Å². The Hall–Kier alpha value is -1.50. The number of amides is 2. The van der Waals surface area contributed by atoms with Gasteiger partial charge in [0.2, 0.25) is 0 Å². The van der Waals surface area contributed by atoms with Crippen molar-refractivity contribution in [2.75, 3.05) is 38.1 Å². The van der Waals surface area contributed by atoms with Gasteiger partial charge >= 0.3 is 6.03 Å². The summed E-state index contributed by atoms with van der Waals surface area (Å²) in [7, 11) is 0. The van der Waals surface area contributed by atoms with Gasteiger partial charge in [-0.3, -0.25) is 4.90 Å². The lowest BCUT2D eigenvalue weighted by Gasteiger charge is -2.42. The monoisotopic (exact) mass is 381 g/mol. The molecule has 0 spiro atoms. The summed E-state index contributed by atoms with van der Waals surface area (Å²) in [4.78, 5) is 16.7. The molecule has 1 aliphatic carbocycles. The van der Waals surface area contributed by atoms with Gasteiger partial charge in [-0.15, -0.1) is 0 Å². The van der Waals surface area contributed by atoms with Crippen LogP contribution in [0.4, 0.5) is 10.5 Å². The van der Waals surface area contributed by atoms with Crippen molar-refractivity contribution in [1.29, 1.82) is 0 Å². The molecule has 0 aromatic heterocycles. The van der Waals surface area contributed by atoms with Crippen LogP contribution in [0.25, 0.3) is 0 Å². The minimum absolute atomic E-state index is 0.117. The van der Waals surface area contributed by atoms with Gasteiger partial charge in [0.25, 0.3) is 0 Å². The van der Waals surface area contributed by atoms with Crippen LogP contribution in [0.15, 0.2) is 18.2 Å². The number of anilines is 1. The first-order valence-corrected chi connectivity index (χ1v) is 9.86. The van der Waals surface area contributed by atoms with Gasteiger partial charge in [0.1, 0.15) is 5.75 Å². The van der Waals surface area contributed by atoms with Crippen LogP contribution in [0.2, 0.25) is 5.02 Å². The van der Waals surface area contributed by atoms with E-state index in [9.17, 15) is 9.90 Å². The maximum atomic E-state index is 12.5. The smallest absolute Gasteiger partial charge is 0.321 e. The molecule has 1 saturated carbocycles. The van der Waals surface area contributed by atoms with Gasteiger partial charge < -0.3 is 20.1 Å². The first-order valence-electron chi connectivity index (χ1n) is 9.49. The van der Waals surface area contributed by atoms with Crippen LogP contribution in [-0.4, -0.2) is 65.9 Å². The average Bonchev–Trinajstić information content (AvgIpc) is 2.65. The standard InChI is InChI=1S/C19H28ClN3O3/c1-2-26-18-8-7-14(13-15(18)20)21-19(25)23-11-9-22(10-12-23)16-5-3-4-6-17(16)24/h7-8,13,16-17,24H,2-6,9-12H2,1H3,(H,21,25)/t16-,17-/m0/s1. The summed E-state index contributed by atoms with van der Waals surface area (Å²) in [5.74, 6) is 0.617. The fraction of sp³-hybridized carbons (Fsp3) is 0.632. The third-order valence-electron chi connectivity index (χ3n) is 5.25. The molecule has 2 amide bonds. The molecular formula is C19H28ClN3O3. The Kier molecular flexibility index (Phi) is 6.62. The number of aliphatic hydroxyl groups excluding tert-OH is 1. The maximum Gasteiger partial charge on any atom is 0.321 e. The Morgan fingerprint density at radius 2 is 2.00 bits per heavy atom. The predicted molar refractivity (Wildman–Crippen MR) is 103 cm³/mol. The Bertz CT molecular complexity index is 620. The largest absolute Gasteiger partial charge is 0.492 e. The van der Waals surface area contributed by atoms with Gasteiger partial charge in [-0.2, -0.15) is 0 Å². The second kappa shape index (κ2) is 8.93. The normalized spacial score (nSPS) is 24.3. The molecule has 7 heteroatoms. The minimum atomic E-state index is -0.227. The summed E-state index contributed by atoms with van der Waals surface area (Å²) in [6.07, 6.45) is 4.02. The molecule has 1 aliphatic heterocycles. The number of piperazine rings is 1. The van der Waals surface area contributed by atoms with Gasteiger partial charge in [-0.25, -0.2) is 4.79 Å². The van der Waals surface area contributed by atoms with Gasteiger partial charge in [-0.1, -0.05) is 24.4 Å². The lowest BCUT2D eigenvalue weighted by molar-refractivity contribution is 0.00275. The van der Waals surface area contributed by atoms with Crippen molar-refractivity contribution in [3.63, 3.8) is 0 Å². The molecule has 2 atom stereocenters. The lowest BCUT2D eigenvalue weighted by Crippen LogP contribution is -2.56. The van der Waals surface area contributed by atoms with E-state index in [-0.39, 0.29) is 18.2 Å². The number of nitrogens with zero attached hydrogens (tertiary/aromatic N) is 2. The second-order valence-electron chi connectivity index (χ2n) is 6.95. The molecule has 2 aliphatic rings. The zero-order valence-corrected chi connectivity index (χ0v) is 16.0. The SMILES string of the molecule is CCOc1ccc(NC(=O)N2CCN([C@H]3CCCC[C@@H]3O)CC2)cc1Cl.